The Hall–Kier alpha value is 0.209. The van der Waals surface area contributed by atoms with Crippen LogP contribution in [0, 0.1) is 0 Å². The van der Waals surface area contributed by atoms with Gasteiger partial charge in [-0.1, -0.05) is 0 Å². The summed E-state index contributed by atoms with van der Waals surface area (Å²) in [6, 6.07) is 1.80. The summed E-state index contributed by atoms with van der Waals surface area (Å²) in [5, 5.41) is 9.88. The summed E-state index contributed by atoms with van der Waals surface area (Å²) in [4.78, 5) is 12.8. The number of halogens is 1. The van der Waals surface area contributed by atoms with Crippen molar-refractivity contribution in [2.45, 2.75) is 0 Å². The Balaban J connectivity index is 2.70. The van der Waals surface area contributed by atoms with E-state index in [1.807, 2.05) is 0 Å². The summed E-state index contributed by atoms with van der Waals surface area (Å²) >= 11 is 3.88. The van der Waals surface area contributed by atoms with Crippen LogP contribution < -0.4 is 0 Å². The molecule has 0 amide bonds. The summed E-state index contributed by atoms with van der Waals surface area (Å²) in [6.07, 6.45) is 0. The van der Waals surface area contributed by atoms with Crippen LogP contribution >= 0.6 is 15.9 Å². The third-order valence-electron chi connectivity index (χ3n) is 1.44. The molecule has 0 bridgehead atoms. The van der Waals surface area contributed by atoms with Crippen LogP contribution in [-0.2, 0) is 0 Å². The molecule has 2 rings (SSSR count). The zero-order valence-corrected chi connectivity index (χ0v) is 10.7. The quantitative estimate of drug-likeness (QED) is 0.785. The molecule has 1 N–H and O–H groups in total. The summed E-state index contributed by atoms with van der Waals surface area (Å²) in [5.74, 6) is -0.763. The van der Waals surface area contributed by atoms with Gasteiger partial charge in [0.25, 0.3) is 0 Å². The van der Waals surface area contributed by atoms with Gasteiger partial charge in [0.1, 0.15) is 0 Å². The summed E-state index contributed by atoms with van der Waals surface area (Å²) in [5.41, 5.74) is 0. The molecule has 2 aromatic heterocycles. The van der Waals surface area contributed by atoms with E-state index in [9.17, 15) is 4.79 Å². The zero-order valence-electron chi connectivity index (χ0n) is 5.70. The number of carboxylic acid groups (broad SMARTS) is 1. The van der Waals surface area contributed by atoms with Gasteiger partial charge in [-0.25, -0.2) is 0 Å². The molecule has 0 fully saturated rings. The number of carbonyl (C=O) groups is 1. The third kappa shape index (κ3) is 1.36. The molecule has 0 atom stereocenters. The van der Waals surface area contributed by atoms with Crippen LogP contribution in [0.5, 0.6) is 0 Å². The first kappa shape index (κ1) is 8.79. The second kappa shape index (κ2) is 3.17. The van der Waals surface area contributed by atoms with Crippen molar-refractivity contribution in [1.82, 2.24) is 0 Å². The van der Waals surface area contributed by atoms with Gasteiger partial charge >= 0.3 is 89.2 Å². The van der Waals surface area contributed by atoms with Crippen LogP contribution in [0.3, 0.4) is 0 Å². The van der Waals surface area contributed by atoms with Crippen molar-refractivity contribution in [1.29, 1.82) is 0 Å². The van der Waals surface area contributed by atoms with E-state index in [1.54, 1.807) is 6.07 Å². The molecular weight excluding hydrogens is 354 g/mol. The first-order chi connectivity index (χ1) is 5.68. The van der Waals surface area contributed by atoms with E-state index in [0.717, 1.165) is 9.86 Å². The van der Waals surface area contributed by atoms with E-state index >= 15 is 0 Å². The van der Waals surface area contributed by atoms with Gasteiger partial charge in [-0.3, -0.25) is 0 Å². The third-order valence-corrected chi connectivity index (χ3v) is 8.31. The van der Waals surface area contributed by atoms with Crippen molar-refractivity contribution >= 4 is 59.4 Å². The predicted octanol–water partition coefficient (Wildman–Crippen LogP) is 1.41. The Morgan fingerprint density at radius 2 is 2.33 bits per heavy atom. The second-order valence-electron chi connectivity index (χ2n) is 2.20. The molecule has 5 heteroatoms. The van der Waals surface area contributed by atoms with Crippen LogP contribution in [0.1, 0.15) is 9.23 Å². The fourth-order valence-electron chi connectivity index (χ4n) is 0.902. The number of rotatable bonds is 1. The van der Waals surface area contributed by atoms with Gasteiger partial charge in [0.2, 0.25) is 0 Å². The van der Waals surface area contributed by atoms with Crippen molar-refractivity contribution in [2.24, 2.45) is 0 Å². The number of hydrogen-bond donors (Lipinski definition) is 1. The summed E-state index contributed by atoms with van der Waals surface area (Å²) < 4.78 is 3.01. The fourth-order valence-corrected chi connectivity index (χ4v) is 7.31. The van der Waals surface area contributed by atoms with E-state index in [1.165, 1.54) is 3.13 Å². The van der Waals surface area contributed by atoms with Crippen molar-refractivity contribution in [2.75, 3.05) is 0 Å². The molecule has 0 saturated carbocycles. The van der Waals surface area contributed by atoms with E-state index in [-0.39, 0.29) is 14.5 Å². The average molecular weight is 357 g/mol. The van der Waals surface area contributed by atoms with Crippen LogP contribution in [-0.4, -0.2) is 40.1 Å². The van der Waals surface area contributed by atoms with Crippen LogP contribution in [0.25, 0.3) is 8.52 Å². The van der Waals surface area contributed by atoms with Gasteiger partial charge < -0.3 is 0 Å². The molecule has 2 nitrogen and oxygen atoms in total. The number of carboxylic acids is 1. The average Bonchev–Trinajstić information content (AvgIpc) is 2.53. The number of fused-ring (bicyclic) bond motifs is 1. The normalized spacial score (nSPS) is 10.8. The Kier molecular flexibility index (Phi) is 2.32. The topological polar surface area (TPSA) is 37.3 Å². The minimum absolute atomic E-state index is 0.0766. The maximum atomic E-state index is 10.6. The van der Waals surface area contributed by atoms with Crippen molar-refractivity contribution < 1.29 is 9.90 Å². The Morgan fingerprint density at radius 1 is 1.58 bits per heavy atom. The molecular formula is C7H3BrO2Se2. The van der Waals surface area contributed by atoms with Gasteiger partial charge in [0.15, 0.2) is 0 Å². The second-order valence-corrected chi connectivity index (χ2v) is 8.42. The van der Waals surface area contributed by atoms with E-state index < -0.39 is 5.97 Å². The minimum atomic E-state index is -0.763. The van der Waals surface area contributed by atoms with Crippen molar-refractivity contribution in [3.05, 3.63) is 19.9 Å². The molecule has 0 aliphatic rings. The monoisotopic (exact) mass is 358 g/mol. The first-order valence-electron chi connectivity index (χ1n) is 3.08. The van der Waals surface area contributed by atoms with Gasteiger partial charge in [-0.15, -0.1) is 0 Å². The van der Waals surface area contributed by atoms with Crippen LogP contribution in [0.15, 0.2) is 15.5 Å². The molecule has 0 aliphatic heterocycles. The van der Waals surface area contributed by atoms with Crippen LogP contribution in [0.2, 0.25) is 0 Å². The summed E-state index contributed by atoms with van der Waals surface area (Å²) in [6.45, 7) is 0. The van der Waals surface area contributed by atoms with E-state index in [2.05, 4.69) is 20.9 Å². The number of aromatic carboxylic acids is 1. The molecule has 0 aromatic carbocycles. The van der Waals surface area contributed by atoms with Crippen molar-refractivity contribution in [3.63, 3.8) is 0 Å². The molecule has 62 valence electrons. The van der Waals surface area contributed by atoms with E-state index in [4.69, 9.17) is 5.11 Å². The molecule has 0 aliphatic carbocycles. The van der Waals surface area contributed by atoms with Gasteiger partial charge in [0, 0.05) is 0 Å². The Labute approximate surface area is 88.8 Å². The first-order valence-corrected chi connectivity index (χ1v) is 7.43. The molecule has 0 radical (unpaired) electrons. The predicted molar refractivity (Wildman–Crippen MR) is 52.5 cm³/mol. The molecule has 0 spiro atoms. The molecule has 0 unspecified atom stereocenters. The summed E-state index contributed by atoms with van der Waals surface area (Å²) in [7, 11) is 0. The fraction of sp³-hybridized carbons (Fsp3) is 0. The van der Waals surface area contributed by atoms with E-state index in [0.29, 0.717) is 18.9 Å². The zero-order chi connectivity index (χ0) is 8.72. The number of hydrogen-bond acceptors (Lipinski definition) is 1. The molecule has 0 saturated heterocycles. The molecule has 2 heterocycles. The standard InChI is InChI=1S/C7H3BrO2Se2/c8-4-2-11-7-3(4)1-5(12-7)6(9)10/h1-2H,(H,9,10). The molecule has 2 aromatic rings. The molecule has 12 heavy (non-hydrogen) atoms. The maximum absolute atomic E-state index is 10.6. The SMILES string of the molecule is O=C(O)c1cc2c(Br)c[se]c2[se]1. The van der Waals surface area contributed by atoms with Gasteiger partial charge in [0.05, 0.1) is 0 Å². The van der Waals surface area contributed by atoms with Crippen molar-refractivity contribution in [3.8, 4) is 0 Å². The van der Waals surface area contributed by atoms with Crippen LogP contribution in [0.4, 0.5) is 0 Å². The Bertz CT molecular complexity index is 443. The van der Waals surface area contributed by atoms with Gasteiger partial charge in [-0.2, -0.15) is 0 Å². The Morgan fingerprint density at radius 3 is 2.92 bits per heavy atom. The van der Waals surface area contributed by atoms with Gasteiger partial charge in [-0.05, 0) is 0 Å².